The van der Waals surface area contributed by atoms with Crippen LogP contribution in [0.25, 0.3) is 0 Å². The van der Waals surface area contributed by atoms with Gasteiger partial charge >= 0.3 is 0 Å². The molecule has 0 spiro atoms. The molecular weight excluding hydrogens is 432 g/mol. The van der Waals surface area contributed by atoms with Gasteiger partial charge in [-0.3, -0.25) is 0 Å². The van der Waals surface area contributed by atoms with Gasteiger partial charge in [-0.05, 0) is 111 Å². The molecule has 32 heavy (non-hydrogen) atoms. The maximum atomic E-state index is 6.42. The summed E-state index contributed by atoms with van der Waals surface area (Å²) in [4.78, 5) is 1.19. The molecule has 5 aliphatic carbocycles. The van der Waals surface area contributed by atoms with Crippen LogP contribution in [0.5, 0.6) is 0 Å². The maximum Gasteiger partial charge on any atom is 0.0818 e. The van der Waals surface area contributed by atoms with Crippen LogP contribution in [-0.4, -0.2) is 23.5 Å². The van der Waals surface area contributed by atoms with Gasteiger partial charge < -0.3 is 11.1 Å². The van der Waals surface area contributed by atoms with Crippen LogP contribution >= 0.6 is 23.8 Å². The van der Waals surface area contributed by atoms with Gasteiger partial charge in [0.2, 0.25) is 0 Å². The third-order valence-corrected chi connectivity index (χ3v) is 11.2. The zero-order valence-electron chi connectivity index (χ0n) is 19.8. The van der Waals surface area contributed by atoms with Crippen molar-refractivity contribution in [1.29, 1.82) is 0 Å². The Morgan fingerprint density at radius 3 is 2.28 bits per heavy atom. The molecule has 0 saturated heterocycles. The van der Waals surface area contributed by atoms with E-state index in [0.717, 1.165) is 24.3 Å². The summed E-state index contributed by atoms with van der Waals surface area (Å²) in [5.74, 6) is 2.98. The molecule has 5 fully saturated rings. The van der Waals surface area contributed by atoms with E-state index in [1.165, 1.54) is 75.6 Å². The molecule has 1 aromatic rings. The Labute approximate surface area is 205 Å². The summed E-state index contributed by atoms with van der Waals surface area (Å²) in [6.45, 7) is 3.26. The van der Waals surface area contributed by atoms with E-state index in [9.17, 15) is 0 Å². The number of nitrogens with one attached hydrogen (secondary N) is 1. The molecule has 5 saturated carbocycles. The lowest BCUT2D eigenvalue weighted by Crippen LogP contribution is -2.65. The van der Waals surface area contributed by atoms with Crippen molar-refractivity contribution in [3.63, 3.8) is 0 Å². The first-order valence-corrected chi connectivity index (χ1v) is 14.1. The Morgan fingerprint density at radius 1 is 1.06 bits per heavy atom. The van der Waals surface area contributed by atoms with Crippen LogP contribution in [0.2, 0.25) is 0 Å². The summed E-state index contributed by atoms with van der Waals surface area (Å²) in [5.41, 5.74) is 8.37. The van der Waals surface area contributed by atoms with Crippen molar-refractivity contribution in [2.75, 3.05) is 12.4 Å². The first-order chi connectivity index (χ1) is 15.5. The fourth-order valence-corrected chi connectivity index (χ4v) is 9.65. The predicted octanol–water partition coefficient (Wildman–Crippen LogP) is 6.59. The second kappa shape index (κ2) is 8.86. The summed E-state index contributed by atoms with van der Waals surface area (Å²) >= 11 is 12.7. The predicted molar refractivity (Wildman–Crippen MR) is 139 cm³/mol. The molecule has 0 amide bonds. The van der Waals surface area contributed by atoms with Gasteiger partial charge in [0.25, 0.3) is 0 Å². The second-order valence-corrected chi connectivity index (χ2v) is 12.6. The van der Waals surface area contributed by atoms with E-state index in [4.69, 9.17) is 29.6 Å². The minimum Gasteiger partial charge on any atom is -0.376 e. The molecule has 3 N–H and O–H groups in total. The van der Waals surface area contributed by atoms with E-state index in [1.807, 2.05) is 0 Å². The van der Waals surface area contributed by atoms with Crippen molar-refractivity contribution in [2.45, 2.75) is 89.0 Å². The fraction of sp³-hybridized carbons (Fsp3) is 0.750. The van der Waals surface area contributed by atoms with Crippen molar-refractivity contribution >= 4 is 28.8 Å². The van der Waals surface area contributed by atoms with Crippen LogP contribution in [0.3, 0.4) is 0 Å². The molecule has 4 heteroatoms. The topological polar surface area (TPSA) is 38.0 Å². The van der Waals surface area contributed by atoms with Gasteiger partial charge in [-0.2, -0.15) is 0 Å². The third-order valence-electron chi connectivity index (χ3n) is 10.5. The molecule has 1 aromatic carbocycles. The first kappa shape index (κ1) is 23.1. The molecule has 0 aliphatic heterocycles. The Bertz CT molecular complexity index is 800. The van der Waals surface area contributed by atoms with Gasteiger partial charge in [0, 0.05) is 17.3 Å². The normalized spacial score (nSPS) is 42.7. The molecule has 2 nitrogen and oxygen atoms in total. The number of halogens is 1. The van der Waals surface area contributed by atoms with E-state index in [0.29, 0.717) is 22.8 Å². The lowest BCUT2D eigenvalue weighted by atomic mass is 9.35. The average Bonchev–Trinajstić information content (AvgIpc) is 2.82. The monoisotopic (exact) mass is 472 g/mol. The molecule has 6 rings (SSSR count). The fourth-order valence-electron chi connectivity index (χ4n) is 8.89. The highest BCUT2D eigenvalue weighted by molar-refractivity contribution is 7.80. The van der Waals surface area contributed by atoms with Gasteiger partial charge in [-0.25, -0.2) is 0 Å². The van der Waals surface area contributed by atoms with Crippen LogP contribution in [-0.2, 0) is 5.41 Å². The standard InChI is InChI=1S/C28H41ClN2S/c1-2-28(12-13-29)22-14-26(21-6-4-3-5-7-21)15-23(28)17-27(16-22,19-26)25(32)31-24-10-8-20(18-30)9-11-24/h3-7,20,22-24H,2,8-19,30H2,1H3,(H,31,32)/t20-,22?,23?,24-,26?,27?,28?. The van der Waals surface area contributed by atoms with Gasteiger partial charge in [-0.1, -0.05) is 49.5 Å². The summed E-state index contributed by atoms with van der Waals surface area (Å²) < 4.78 is 0. The first-order valence-electron chi connectivity index (χ1n) is 13.1. The number of alkyl halides is 1. The van der Waals surface area contributed by atoms with Crippen LogP contribution in [0.1, 0.15) is 83.1 Å². The van der Waals surface area contributed by atoms with Gasteiger partial charge in [0.05, 0.1) is 4.99 Å². The average molecular weight is 473 g/mol. The van der Waals surface area contributed by atoms with Crippen LogP contribution in [0, 0.1) is 28.6 Å². The van der Waals surface area contributed by atoms with Gasteiger partial charge in [0.15, 0.2) is 0 Å². The highest BCUT2D eigenvalue weighted by atomic mass is 35.5. The lowest BCUT2D eigenvalue weighted by Gasteiger charge is -2.70. The quantitative estimate of drug-likeness (QED) is 0.347. The Hall–Kier alpha value is -0.640. The Balaban J connectivity index is 1.44. The molecular formula is C28H41ClN2S. The number of hydrogen-bond donors (Lipinski definition) is 2. The number of thiocarbonyl (C=S) groups is 1. The number of nitrogens with two attached hydrogens (primary N) is 1. The number of hydrogen-bond acceptors (Lipinski definition) is 2. The molecule has 2 atom stereocenters. The molecule has 176 valence electrons. The van der Waals surface area contributed by atoms with E-state index in [-0.39, 0.29) is 5.41 Å². The smallest absolute Gasteiger partial charge is 0.0818 e. The second-order valence-electron chi connectivity index (χ2n) is 11.8. The minimum atomic E-state index is 0.173. The number of benzene rings is 1. The highest BCUT2D eigenvalue weighted by Gasteiger charge is 2.66. The summed E-state index contributed by atoms with van der Waals surface area (Å²) in [7, 11) is 0. The number of rotatable bonds is 7. The van der Waals surface area contributed by atoms with Gasteiger partial charge in [-0.15, -0.1) is 11.6 Å². The van der Waals surface area contributed by atoms with Crippen molar-refractivity contribution in [1.82, 2.24) is 5.32 Å². The van der Waals surface area contributed by atoms with Crippen molar-refractivity contribution < 1.29 is 0 Å². The summed E-state index contributed by atoms with van der Waals surface area (Å²) in [6.07, 6.45) is 13.8. The molecule has 0 heterocycles. The van der Waals surface area contributed by atoms with E-state index < -0.39 is 0 Å². The SMILES string of the molecule is CCC1(CCCl)C2CC3(C(=S)N[C@H]4CC[C@H](CN)CC4)CC1CC(c1ccccc1)(C2)C3. The summed E-state index contributed by atoms with van der Waals surface area (Å²) in [5, 5.41) is 3.93. The lowest BCUT2D eigenvalue weighted by molar-refractivity contribution is -0.145. The summed E-state index contributed by atoms with van der Waals surface area (Å²) in [6, 6.07) is 12.0. The van der Waals surface area contributed by atoms with Crippen molar-refractivity contribution in [2.24, 2.45) is 34.3 Å². The molecule has 0 aromatic heterocycles. The molecule has 4 bridgehead atoms. The Morgan fingerprint density at radius 2 is 1.72 bits per heavy atom. The Kier molecular flexibility index (Phi) is 6.40. The zero-order chi connectivity index (χ0) is 22.4. The van der Waals surface area contributed by atoms with E-state index in [2.05, 4.69) is 42.6 Å². The zero-order valence-corrected chi connectivity index (χ0v) is 21.3. The van der Waals surface area contributed by atoms with Crippen molar-refractivity contribution in [3.05, 3.63) is 35.9 Å². The highest BCUT2D eigenvalue weighted by Crippen LogP contribution is 2.73. The van der Waals surface area contributed by atoms with Crippen LogP contribution in [0.15, 0.2) is 30.3 Å². The molecule has 5 aliphatic rings. The minimum absolute atomic E-state index is 0.173. The van der Waals surface area contributed by atoms with Crippen LogP contribution in [0.4, 0.5) is 0 Å². The molecule has 2 unspecified atom stereocenters. The van der Waals surface area contributed by atoms with E-state index in [1.54, 1.807) is 5.56 Å². The maximum absolute atomic E-state index is 6.42. The molecule has 0 radical (unpaired) electrons. The van der Waals surface area contributed by atoms with Gasteiger partial charge in [0.1, 0.15) is 0 Å². The van der Waals surface area contributed by atoms with Crippen molar-refractivity contribution in [3.8, 4) is 0 Å². The third kappa shape index (κ3) is 3.66. The largest absolute Gasteiger partial charge is 0.376 e. The van der Waals surface area contributed by atoms with E-state index >= 15 is 0 Å². The van der Waals surface area contributed by atoms with Crippen LogP contribution < -0.4 is 11.1 Å².